The molecule has 2 N–H and O–H groups in total. The van der Waals surface area contributed by atoms with E-state index in [2.05, 4.69) is 0 Å². The van der Waals surface area contributed by atoms with E-state index in [1.807, 2.05) is 52.0 Å². The lowest BCUT2D eigenvalue weighted by Gasteiger charge is -2.22. The second kappa shape index (κ2) is 7.35. The molecule has 0 aliphatic heterocycles. The van der Waals surface area contributed by atoms with Crippen molar-refractivity contribution in [1.82, 2.24) is 0 Å². The molecule has 0 radical (unpaired) electrons. The Balaban J connectivity index is 2.23. The molecule has 3 aromatic carbocycles. The number of rotatable bonds is 4. The average molecular weight is 377 g/mol. The van der Waals surface area contributed by atoms with Crippen LogP contribution in [0.3, 0.4) is 0 Å². The number of nitrogens with zero attached hydrogens (tertiary/aromatic N) is 1. The normalized spacial score (nSPS) is 11.0. The zero-order valence-electron chi connectivity index (χ0n) is 16.4. The van der Waals surface area contributed by atoms with Gasteiger partial charge in [0.05, 0.1) is 4.92 Å². The summed E-state index contributed by atoms with van der Waals surface area (Å²) in [6, 6.07) is 14.3. The van der Waals surface area contributed by atoms with Crippen molar-refractivity contribution in [3.8, 4) is 11.5 Å². The van der Waals surface area contributed by atoms with Crippen molar-refractivity contribution < 1.29 is 15.1 Å². The molecule has 3 aromatic rings. The largest absolute Gasteiger partial charge is 0.507 e. The smallest absolute Gasteiger partial charge is 0.269 e. The first kappa shape index (κ1) is 19.4. The van der Waals surface area contributed by atoms with Crippen molar-refractivity contribution in [2.24, 2.45) is 0 Å². The van der Waals surface area contributed by atoms with Gasteiger partial charge in [-0.05, 0) is 66.6 Å². The van der Waals surface area contributed by atoms with Crippen molar-refractivity contribution in [2.45, 2.75) is 33.6 Å². The van der Waals surface area contributed by atoms with Gasteiger partial charge in [-0.3, -0.25) is 10.1 Å². The fourth-order valence-electron chi connectivity index (χ4n) is 3.68. The van der Waals surface area contributed by atoms with Gasteiger partial charge in [0.1, 0.15) is 11.5 Å². The zero-order chi connectivity index (χ0) is 20.6. The minimum absolute atomic E-state index is 0.0404. The zero-order valence-corrected chi connectivity index (χ0v) is 16.4. The van der Waals surface area contributed by atoms with Gasteiger partial charge in [0.15, 0.2) is 0 Å². The van der Waals surface area contributed by atoms with E-state index in [1.54, 1.807) is 12.1 Å². The van der Waals surface area contributed by atoms with Crippen LogP contribution in [0.5, 0.6) is 11.5 Å². The first-order valence-electron chi connectivity index (χ1n) is 9.03. The Hall–Kier alpha value is -3.34. The predicted octanol–water partition coefficient (Wildman–Crippen LogP) is 5.42. The van der Waals surface area contributed by atoms with Crippen LogP contribution >= 0.6 is 0 Å². The third-order valence-electron chi connectivity index (χ3n) is 5.13. The summed E-state index contributed by atoms with van der Waals surface area (Å²) in [5.74, 6) is 0.352. The molecule has 0 aliphatic rings. The quantitative estimate of drug-likeness (QED) is 0.361. The molecule has 0 spiro atoms. The molecule has 3 rings (SSSR count). The summed E-state index contributed by atoms with van der Waals surface area (Å²) in [6.45, 7) is 7.41. The van der Waals surface area contributed by atoms with Crippen molar-refractivity contribution >= 4 is 5.69 Å². The molecule has 0 saturated carbocycles. The highest BCUT2D eigenvalue weighted by Gasteiger charge is 2.21. The molecule has 0 bridgehead atoms. The van der Waals surface area contributed by atoms with E-state index >= 15 is 0 Å². The van der Waals surface area contributed by atoms with Gasteiger partial charge in [-0.2, -0.15) is 0 Å². The maximum atomic E-state index is 11.0. The van der Waals surface area contributed by atoms with Gasteiger partial charge in [-0.15, -0.1) is 0 Å². The number of benzene rings is 3. The summed E-state index contributed by atoms with van der Waals surface area (Å²) in [6.07, 6.45) is 0. The molecule has 0 unspecified atom stereocenters. The van der Waals surface area contributed by atoms with Gasteiger partial charge in [0.25, 0.3) is 5.69 Å². The van der Waals surface area contributed by atoms with Gasteiger partial charge < -0.3 is 10.2 Å². The number of hydrogen-bond acceptors (Lipinski definition) is 4. The first-order chi connectivity index (χ1) is 13.2. The van der Waals surface area contributed by atoms with Gasteiger partial charge >= 0.3 is 0 Å². The number of non-ortho nitro benzene ring substituents is 1. The van der Waals surface area contributed by atoms with Gasteiger partial charge in [-0.25, -0.2) is 0 Å². The summed E-state index contributed by atoms with van der Waals surface area (Å²) in [5.41, 5.74) is 5.99. The minimum atomic E-state index is -0.414. The SMILES string of the molecule is Cc1cc(C(c2ccc([N+](=O)[O-])cc2)c2cc(C)c(O)c(C)c2)cc(C)c1O. The van der Waals surface area contributed by atoms with E-state index in [0.29, 0.717) is 0 Å². The second-order valence-corrected chi connectivity index (χ2v) is 7.29. The van der Waals surface area contributed by atoms with E-state index in [1.165, 1.54) is 12.1 Å². The van der Waals surface area contributed by atoms with Crippen LogP contribution in [0.4, 0.5) is 5.69 Å². The van der Waals surface area contributed by atoms with Crippen LogP contribution in [0.15, 0.2) is 48.5 Å². The molecule has 0 heterocycles. The van der Waals surface area contributed by atoms with E-state index in [9.17, 15) is 20.3 Å². The van der Waals surface area contributed by atoms with Crippen molar-refractivity contribution in [3.63, 3.8) is 0 Å². The number of nitro benzene ring substituents is 1. The molecule has 144 valence electrons. The van der Waals surface area contributed by atoms with Crippen LogP contribution in [0.2, 0.25) is 0 Å². The number of nitro groups is 1. The Labute approximate surface area is 164 Å². The lowest BCUT2D eigenvalue weighted by atomic mass is 9.82. The molecular weight excluding hydrogens is 354 g/mol. The summed E-state index contributed by atoms with van der Waals surface area (Å²) >= 11 is 0. The lowest BCUT2D eigenvalue weighted by Crippen LogP contribution is -2.06. The fraction of sp³-hybridized carbons (Fsp3) is 0.217. The Bertz CT molecular complexity index is 951. The Morgan fingerprint density at radius 1 is 0.714 bits per heavy atom. The number of hydrogen-bond donors (Lipinski definition) is 2. The Kier molecular flexibility index (Phi) is 5.10. The van der Waals surface area contributed by atoms with Gasteiger partial charge in [-0.1, -0.05) is 36.4 Å². The summed E-state index contributed by atoms with van der Waals surface area (Å²) in [5, 5.41) is 31.4. The van der Waals surface area contributed by atoms with Crippen LogP contribution in [-0.4, -0.2) is 15.1 Å². The maximum absolute atomic E-state index is 11.0. The van der Waals surface area contributed by atoms with E-state index in [4.69, 9.17) is 0 Å². The molecule has 0 fully saturated rings. The third kappa shape index (κ3) is 3.56. The van der Waals surface area contributed by atoms with Crippen molar-refractivity contribution in [3.05, 3.63) is 97.6 Å². The first-order valence-corrected chi connectivity index (χ1v) is 9.03. The highest BCUT2D eigenvalue weighted by atomic mass is 16.6. The molecule has 0 aromatic heterocycles. The molecule has 0 amide bonds. The average Bonchev–Trinajstić information content (AvgIpc) is 2.64. The summed E-state index contributed by atoms with van der Waals surface area (Å²) in [7, 11) is 0. The van der Waals surface area contributed by atoms with Gasteiger partial charge in [0, 0.05) is 18.1 Å². The molecule has 28 heavy (non-hydrogen) atoms. The fourth-order valence-corrected chi connectivity index (χ4v) is 3.68. The topological polar surface area (TPSA) is 83.6 Å². The highest BCUT2D eigenvalue weighted by molar-refractivity contribution is 5.53. The second-order valence-electron chi connectivity index (χ2n) is 7.29. The number of aryl methyl sites for hydroxylation is 4. The molecular formula is C23H23NO4. The highest BCUT2D eigenvalue weighted by Crippen LogP contribution is 2.38. The summed E-state index contributed by atoms with van der Waals surface area (Å²) < 4.78 is 0. The maximum Gasteiger partial charge on any atom is 0.269 e. The molecule has 5 nitrogen and oxygen atoms in total. The number of phenols is 2. The van der Waals surface area contributed by atoms with Crippen molar-refractivity contribution in [1.29, 1.82) is 0 Å². The minimum Gasteiger partial charge on any atom is -0.507 e. The Morgan fingerprint density at radius 3 is 1.39 bits per heavy atom. The van der Waals surface area contributed by atoms with E-state index in [0.717, 1.165) is 38.9 Å². The number of aromatic hydroxyl groups is 2. The molecule has 0 saturated heterocycles. The van der Waals surface area contributed by atoms with Crippen LogP contribution in [-0.2, 0) is 0 Å². The lowest BCUT2D eigenvalue weighted by molar-refractivity contribution is -0.384. The molecule has 0 aliphatic carbocycles. The standard InChI is InChI=1S/C23H23NO4/c1-13-9-18(10-14(2)22(13)25)21(17-5-7-20(8-6-17)24(27)28)19-11-15(3)23(26)16(4)12-19/h5-12,21,25-26H,1-4H3. The van der Waals surface area contributed by atoms with E-state index in [-0.39, 0.29) is 23.1 Å². The van der Waals surface area contributed by atoms with E-state index < -0.39 is 4.92 Å². The van der Waals surface area contributed by atoms with Crippen LogP contribution in [0.25, 0.3) is 0 Å². The van der Waals surface area contributed by atoms with Crippen LogP contribution in [0, 0.1) is 37.8 Å². The summed E-state index contributed by atoms with van der Waals surface area (Å²) in [4.78, 5) is 10.6. The van der Waals surface area contributed by atoms with Crippen LogP contribution < -0.4 is 0 Å². The van der Waals surface area contributed by atoms with Crippen LogP contribution in [0.1, 0.15) is 44.9 Å². The predicted molar refractivity (Wildman–Crippen MR) is 109 cm³/mol. The molecule has 5 heteroatoms. The number of phenolic OH excluding ortho intramolecular Hbond substituents is 2. The molecule has 0 atom stereocenters. The van der Waals surface area contributed by atoms with Crippen molar-refractivity contribution in [2.75, 3.05) is 0 Å². The third-order valence-corrected chi connectivity index (χ3v) is 5.13. The Morgan fingerprint density at radius 2 is 1.07 bits per heavy atom. The van der Waals surface area contributed by atoms with Gasteiger partial charge in [0.2, 0.25) is 0 Å². The monoisotopic (exact) mass is 377 g/mol.